The van der Waals surface area contributed by atoms with Gasteiger partial charge in [0.15, 0.2) is 5.96 Å². The highest BCUT2D eigenvalue weighted by Crippen LogP contribution is 2.28. The van der Waals surface area contributed by atoms with Gasteiger partial charge in [-0.1, -0.05) is 25.7 Å². The van der Waals surface area contributed by atoms with Gasteiger partial charge in [0.25, 0.3) is 0 Å². The van der Waals surface area contributed by atoms with Crippen molar-refractivity contribution in [1.82, 2.24) is 10.6 Å². The van der Waals surface area contributed by atoms with Crippen LogP contribution < -0.4 is 10.6 Å². The number of rotatable bonds is 10. The van der Waals surface area contributed by atoms with Crippen molar-refractivity contribution in [2.75, 3.05) is 39.5 Å². The van der Waals surface area contributed by atoms with Crippen LogP contribution in [0.4, 0.5) is 0 Å². The fourth-order valence-corrected chi connectivity index (χ4v) is 3.59. The SMILES string of the molecule is CCNC(=NCCCOC1CCOCC1)NCCCC1CCCC1.I. The molecule has 1 saturated carbocycles. The Kier molecular flexibility index (Phi) is 13.8. The summed E-state index contributed by atoms with van der Waals surface area (Å²) in [6.45, 7) is 7.37. The number of nitrogens with zero attached hydrogens (tertiary/aromatic N) is 1. The van der Waals surface area contributed by atoms with Crippen LogP contribution in [0.5, 0.6) is 0 Å². The molecule has 0 aromatic rings. The Balaban J connectivity index is 0.00000312. The van der Waals surface area contributed by atoms with E-state index >= 15 is 0 Å². The van der Waals surface area contributed by atoms with Crippen molar-refractivity contribution in [3.63, 3.8) is 0 Å². The van der Waals surface area contributed by atoms with Gasteiger partial charge in [-0.25, -0.2) is 0 Å². The molecule has 0 aromatic heterocycles. The molecule has 6 heteroatoms. The van der Waals surface area contributed by atoms with Crippen molar-refractivity contribution < 1.29 is 9.47 Å². The number of hydrogen-bond acceptors (Lipinski definition) is 3. The maximum Gasteiger partial charge on any atom is 0.191 e. The van der Waals surface area contributed by atoms with E-state index in [-0.39, 0.29) is 24.0 Å². The monoisotopic (exact) mass is 467 g/mol. The van der Waals surface area contributed by atoms with Crippen LogP contribution >= 0.6 is 24.0 Å². The minimum absolute atomic E-state index is 0. The highest BCUT2D eigenvalue weighted by molar-refractivity contribution is 14.0. The zero-order valence-corrected chi connectivity index (χ0v) is 18.3. The van der Waals surface area contributed by atoms with Crippen molar-refractivity contribution in [1.29, 1.82) is 0 Å². The fraction of sp³-hybridized carbons (Fsp3) is 0.947. The molecule has 0 aromatic carbocycles. The third-order valence-electron chi connectivity index (χ3n) is 4.99. The summed E-state index contributed by atoms with van der Waals surface area (Å²) in [6.07, 6.45) is 11.8. The van der Waals surface area contributed by atoms with Crippen molar-refractivity contribution in [2.24, 2.45) is 10.9 Å². The van der Waals surface area contributed by atoms with Crippen LogP contribution in [0.3, 0.4) is 0 Å². The van der Waals surface area contributed by atoms with Crippen LogP contribution in [0.25, 0.3) is 0 Å². The number of guanidine groups is 1. The van der Waals surface area contributed by atoms with Crippen molar-refractivity contribution in [2.45, 2.75) is 70.8 Å². The van der Waals surface area contributed by atoms with Gasteiger partial charge in [-0.05, 0) is 44.9 Å². The predicted molar refractivity (Wildman–Crippen MR) is 115 cm³/mol. The van der Waals surface area contributed by atoms with Crippen molar-refractivity contribution >= 4 is 29.9 Å². The van der Waals surface area contributed by atoms with E-state index in [1.165, 1.54) is 38.5 Å². The van der Waals surface area contributed by atoms with Gasteiger partial charge in [-0.15, -0.1) is 24.0 Å². The Morgan fingerprint density at radius 1 is 1.08 bits per heavy atom. The second kappa shape index (κ2) is 15.0. The zero-order chi connectivity index (χ0) is 16.9. The lowest BCUT2D eigenvalue weighted by molar-refractivity contribution is -0.0318. The Hall–Kier alpha value is -0.0800. The molecule has 2 aliphatic rings. The first-order chi connectivity index (χ1) is 11.9. The Morgan fingerprint density at radius 3 is 2.56 bits per heavy atom. The number of nitrogens with one attached hydrogen (secondary N) is 2. The van der Waals surface area contributed by atoms with Gasteiger partial charge in [-0.3, -0.25) is 4.99 Å². The second-order valence-electron chi connectivity index (χ2n) is 7.02. The summed E-state index contributed by atoms with van der Waals surface area (Å²) in [7, 11) is 0. The molecular formula is C19H38IN3O2. The molecule has 0 spiro atoms. The first kappa shape index (κ1) is 23.0. The molecule has 148 valence electrons. The molecule has 0 radical (unpaired) electrons. The average Bonchev–Trinajstić information content (AvgIpc) is 3.12. The molecule has 25 heavy (non-hydrogen) atoms. The van der Waals surface area contributed by atoms with Crippen LogP contribution in [0.15, 0.2) is 4.99 Å². The third kappa shape index (κ3) is 10.6. The Bertz CT molecular complexity index is 344. The average molecular weight is 467 g/mol. The molecule has 1 saturated heterocycles. The van der Waals surface area contributed by atoms with E-state index in [2.05, 4.69) is 22.5 Å². The van der Waals surface area contributed by atoms with E-state index in [4.69, 9.17) is 9.47 Å². The van der Waals surface area contributed by atoms with Crippen molar-refractivity contribution in [3.8, 4) is 0 Å². The van der Waals surface area contributed by atoms with Gasteiger partial charge >= 0.3 is 0 Å². The maximum atomic E-state index is 5.89. The minimum Gasteiger partial charge on any atom is -0.381 e. The van der Waals surface area contributed by atoms with Crippen LogP contribution in [0.1, 0.15) is 64.7 Å². The number of halogens is 1. The predicted octanol–water partition coefficient (Wildman–Crippen LogP) is 3.72. The molecule has 0 atom stereocenters. The molecule has 0 unspecified atom stereocenters. The van der Waals surface area contributed by atoms with Crippen LogP contribution in [-0.4, -0.2) is 51.5 Å². The van der Waals surface area contributed by atoms with E-state index in [0.29, 0.717) is 6.10 Å². The van der Waals surface area contributed by atoms with Gasteiger partial charge < -0.3 is 20.1 Å². The molecular weight excluding hydrogens is 429 g/mol. The summed E-state index contributed by atoms with van der Waals surface area (Å²) in [6, 6.07) is 0. The first-order valence-corrected chi connectivity index (χ1v) is 10.1. The smallest absolute Gasteiger partial charge is 0.191 e. The number of hydrogen-bond donors (Lipinski definition) is 2. The number of ether oxygens (including phenoxy) is 2. The highest BCUT2D eigenvalue weighted by Gasteiger charge is 2.14. The third-order valence-corrected chi connectivity index (χ3v) is 4.99. The molecule has 1 aliphatic heterocycles. The van der Waals surface area contributed by atoms with E-state index in [9.17, 15) is 0 Å². The maximum absolute atomic E-state index is 5.89. The highest BCUT2D eigenvalue weighted by atomic mass is 127. The second-order valence-corrected chi connectivity index (χ2v) is 7.02. The lowest BCUT2D eigenvalue weighted by atomic mass is 10.0. The normalized spacial score (nSPS) is 19.6. The summed E-state index contributed by atoms with van der Waals surface area (Å²) in [5.41, 5.74) is 0. The van der Waals surface area contributed by atoms with Crippen LogP contribution in [-0.2, 0) is 9.47 Å². The number of aliphatic imine (C=N–C) groups is 1. The lowest BCUT2D eigenvalue weighted by Gasteiger charge is -2.22. The van der Waals surface area contributed by atoms with E-state index in [0.717, 1.165) is 70.6 Å². The van der Waals surface area contributed by atoms with Gasteiger partial charge in [0.2, 0.25) is 0 Å². The standard InChI is InChI=1S/C19H37N3O2.HI/c1-2-20-19(21-12-5-9-17-7-3-4-8-17)22-13-6-14-24-18-10-15-23-16-11-18;/h17-18H,2-16H2,1H3,(H2,20,21,22);1H. The lowest BCUT2D eigenvalue weighted by Crippen LogP contribution is -2.38. The van der Waals surface area contributed by atoms with Crippen LogP contribution in [0.2, 0.25) is 0 Å². The molecule has 2 N–H and O–H groups in total. The molecule has 0 bridgehead atoms. The van der Waals surface area contributed by atoms with Crippen molar-refractivity contribution in [3.05, 3.63) is 0 Å². The van der Waals surface area contributed by atoms with Gasteiger partial charge in [0.05, 0.1) is 6.10 Å². The molecule has 1 heterocycles. The molecule has 2 fully saturated rings. The summed E-state index contributed by atoms with van der Waals surface area (Å²) < 4.78 is 11.2. The summed E-state index contributed by atoms with van der Waals surface area (Å²) >= 11 is 0. The van der Waals surface area contributed by atoms with E-state index < -0.39 is 0 Å². The molecule has 2 rings (SSSR count). The van der Waals surface area contributed by atoms with Crippen LogP contribution in [0, 0.1) is 5.92 Å². The summed E-state index contributed by atoms with van der Waals surface area (Å²) in [4.78, 5) is 4.66. The quantitative estimate of drug-likeness (QED) is 0.223. The van der Waals surface area contributed by atoms with E-state index in [1.54, 1.807) is 0 Å². The Morgan fingerprint density at radius 2 is 1.84 bits per heavy atom. The molecule has 0 amide bonds. The van der Waals surface area contributed by atoms with Gasteiger partial charge in [-0.2, -0.15) is 0 Å². The molecule has 5 nitrogen and oxygen atoms in total. The minimum atomic E-state index is 0. The zero-order valence-electron chi connectivity index (χ0n) is 15.9. The summed E-state index contributed by atoms with van der Waals surface area (Å²) in [5.74, 6) is 1.93. The molecule has 1 aliphatic carbocycles. The largest absolute Gasteiger partial charge is 0.381 e. The van der Waals surface area contributed by atoms with E-state index in [1.807, 2.05) is 0 Å². The Labute approximate surface area is 171 Å². The summed E-state index contributed by atoms with van der Waals surface area (Å²) in [5, 5.41) is 6.80. The van der Waals surface area contributed by atoms with Gasteiger partial charge in [0, 0.05) is 39.5 Å². The topological polar surface area (TPSA) is 54.9 Å². The fourth-order valence-electron chi connectivity index (χ4n) is 3.59. The van der Waals surface area contributed by atoms with Gasteiger partial charge in [0.1, 0.15) is 0 Å². The first-order valence-electron chi connectivity index (χ1n) is 10.1.